The molecule has 0 atom stereocenters. The highest BCUT2D eigenvalue weighted by Gasteiger charge is 2.10. The van der Waals surface area contributed by atoms with Crippen molar-refractivity contribution in [2.24, 2.45) is 0 Å². The topological polar surface area (TPSA) is 79.9 Å². The summed E-state index contributed by atoms with van der Waals surface area (Å²) < 4.78 is 10.9. The number of halogens is 1. The molecule has 0 spiro atoms. The van der Waals surface area contributed by atoms with Crippen LogP contribution in [0.1, 0.15) is 11.1 Å². The van der Waals surface area contributed by atoms with Crippen LogP contribution in [0.2, 0.25) is 5.02 Å². The number of benzene rings is 2. The minimum atomic E-state index is -0.422. The van der Waals surface area contributed by atoms with Crippen LogP contribution >= 0.6 is 11.6 Å². The van der Waals surface area contributed by atoms with Crippen molar-refractivity contribution >= 4 is 35.5 Å². The van der Waals surface area contributed by atoms with Gasteiger partial charge in [0.2, 0.25) is 6.41 Å². The predicted octanol–water partition coefficient (Wildman–Crippen LogP) is 3.78. The number of rotatable bonds is 11. The van der Waals surface area contributed by atoms with Crippen molar-refractivity contribution in [1.82, 2.24) is 4.90 Å². The summed E-state index contributed by atoms with van der Waals surface area (Å²) in [6, 6.07) is 12.9. The van der Waals surface area contributed by atoms with E-state index in [4.69, 9.17) is 21.1 Å². The van der Waals surface area contributed by atoms with Gasteiger partial charge < -0.3 is 25.0 Å². The molecule has 2 aromatic rings. The second-order valence-corrected chi connectivity index (χ2v) is 6.76. The van der Waals surface area contributed by atoms with E-state index >= 15 is 0 Å². The second kappa shape index (κ2) is 11.9. The number of hydrogen-bond donors (Lipinski definition) is 2. The highest BCUT2D eigenvalue weighted by molar-refractivity contribution is 6.31. The van der Waals surface area contributed by atoms with Gasteiger partial charge in [-0.2, -0.15) is 0 Å². The molecule has 0 bridgehead atoms. The van der Waals surface area contributed by atoms with Crippen LogP contribution in [0.3, 0.4) is 0 Å². The molecular formula is C21H26ClN3O4. The molecule has 0 unspecified atom stereocenters. The Labute approximate surface area is 175 Å². The van der Waals surface area contributed by atoms with E-state index in [-0.39, 0.29) is 6.61 Å². The first-order valence-corrected chi connectivity index (χ1v) is 9.62. The van der Waals surface area contributed by atoms with Crippen LogP contribution in [-0.2, 0) is 27.3 Å². The van der Waals surface area contributed by atoms with Crippen LogP contribution in [0.25, 0.3) is 0 Å². The molecule has 0 fully saturated rings. The number of nitrogens with one attached hydrogen (secondary N) is 2. The number of nitrogens with zero attached hydrogens (tertiary/aromatic N) is 1. The van der Waals surface area contributed by atoms with E-state index in [9.17, 15) is 9.59 Å². The average molecular weight is 420 g/mol. The van der Waals surface area contributed by atoms with Crippen molar-refractivity contribution in [1.29, 1.82) is 0 Å². The molecule has 2 aromatic carbocycles. The van der Waals surface area contributed by atoms with Crippen LogP contribution in [0.4, 0.5) is 16.2 Å². The fraction of sp³-hybridized carbons (Fsp3) is 0.333. The molecule has 2 rings (SSSR count). The summed E-state index contributed by atoms with van der Waals surface area (Å²) in [4.78, 5) is 23.9. The van der Waals surface area contributed by atoms with Crippen LogP contribution < -0.4 is 10.6 Å². The first kappa shape index (κ1) is 22.5. The number of likely N-dealkylation sites (N-methyl/N-ethyl adjacent to an activating group) is 1. The van der Waals surface area contributed by atoms with Crippen molar-refractivity contribution in [3.05, 3.63) is 58.6 Å². The number of hydrogen-bond acceptors (Lipinski definition) is 5. The zero-order valence-electron chi connectivity index (χ0n) is 16.6. The Kier molecular flexibility index (Phi) is 9.27. The van der Waals surface area contributed by atoms with Gasteiger partial charge in [-0.15, -0.1) is 0 Å². The zero-order chi connectivity index (χ0) is 21.1. The van der Waals surface area contributed by atoms with Gasteiger partial charge in [0.25, 0.3) is 0 Å². The molecule has 8 heteroatoms. The zero-order valence-corrected chi connectivity index (χ0v) is 17.4. The fourth-order valence-corrected chi connectivity index (χ4v) is 2.78. The molecule has 0 aliphatic carbocycles. The summed E-state index contributed by atoms with van der Waals surface area (Å²) in [5.41, 5.74) is 3.50. The maximum absolute atomic E-state index is 12.0. The summed E-state index contributed by atoms with van der Waals surface area (Å²) in [5.74, 6) is 0. The first-order valence-electron chi connectivity index (χ1n) is 9.24. The van der Waals surface area contributed by atoms with Crippen molar-refractivity contribution < 1.29 is 19.1 Å². The van der Waals surface area contributed by atoms with Crippen LogP contribution in [0.5, 0.6) is 0 Å². The van der Waals surface area contributed by atoms with Gasteiger partial charge in [-0.25, -0.2) is 4.79 Å². The van der Waals surface area contributed by atoms with Gasteiger partial charge in [-0.3, -0.25) is 4.79 Å². The lowest BCUT2D eigenvalue weighted by atomic mass is 10.1. The average Bonchev–Trinajstić information content (AvgIpc) is 2.73. The third-order valence-electron chi connectivity index (χ3n) is 4.28. The van der Waals surface area contributed by atoms with Crippen LogP contribution in [0.15, 0.2) is 42.5 Å². The summed E-state index contributed by atoms with van der Waals surface area (Å²) in [5, 5.41) is 6.30. The molecule has 2 amide bonds. The van der Waals surface area contributed by atoms with Gasteiger partial charge in [0.05, 0.1) is 13.2 Å². The van der Waals surface area contributed by atoms with E-state index in [1.165, 1.54) is 4.90 Å². The number of amides is 2. The Bertz CT molecular complexity index is 799. The quantitative estimate of drug-likeness (QED) is 0.428. The largest absolute Gasteiger partial charge is 0.445 e. The molecule has 0 aliphatic heterocycles. The minimum absolute atomic E-state index is 0.159. The molecule has 0 saturated carbocycles. The molecule has 2 N–H and O–H groups in total. The standard InChI is InChI=1S/C21H26ClN3O4/c1-23-19-8-5-17(20(22)13-19)9-11-28-12-10-25(2)21(27)29-14-16-3-6-18(7-4-16)24-15-26/h3-8,13,15,23H,9-12,14H2,1-2H3,(H,24,26). The third kappa shape index (κ3) is 7.63. The van der Waals surface area contributed by atoms with Gasteiger partial charge in [0.1, 0.15) is 6.61 Å². The van der Waals surface area contributed by atoms with Gasteiger partial charge in [-0.05, 0) is 41.8 Å². The highest BCUT2D eigenvalue weighted by Crippen LogP contribution is 2.21. The van der Waals surface area contributed by atoms with Gasteiger partial charge in [0, 0.05) is 37.0 Å². The normalized spacial score (nSPS) is 10.3. The SMILES string of the molecule is CNc1ccc(CCOCCN(C)C(=O)OCc2ccc(NC=O)cc2)c(Cl)c1. The van der Waals surface area contributed by atoms with E-state index < -0.39 is 6.09 Å². The second-order valence-electron chi connectivity index (χ2n) is 6.35. The molecule has 0 aliphatic rings. The fourth-order valence-electron chi connectivity index (χ4n) is 2.50. The van der Waals surface area contributed by atoms with E-state index in [1.54, 1.807) is 31.3 Å². The van der Waals surface area contributed by atoms with E-state index in [2.05, 4.69) is 10.6 Å². The lowest BCUT2D eigenvalue weighted by molar-refractivity contribution is -0.105. The summed E-state index contributed by atoms with van der Waals surface area (Å²) in [7, 11) is 3.51. The van der Waals surface area contributed by atoms with E-state index in [0.717, 1.165) is 16.8 Å². The van der Waals surface area contributed by atoms with Crippen LogP contribution in [0, 0.1) is 0 Å². The molecule has 7 nitrogen and oxygen atoms in total. The summed E-state index contributed by atoms with van der Waals surface area (Å²) in [6.45, 7) is 1.51. The van der Waals surface area contributed by atoms with Crippen molar-refractivity contribution in [3.63, 3.8) is 0 Å². The maximum Gasteiger partial charge on any atom is 0.409 e. The number of carbonyl (C=O) groups excluding carboxylic acids is 2. The molecule has 0 heterocycles. The Hall–Kier alpha value is -2.77. The number of anilines is 2. The van der Waals surface area contributed by atoms with Crippen molar-refractivity contribution in [2.75, 3.05) is 44.5 Å². The maximum atomic E-state index is 12.0. The Morgan fingerprint density at radius 1 is 1.14 bits per heavy atom. The minimum Gasteiger partial charge on any atom is -0.445 e. The Morgan fingerprint density at radius 2 is 1.86 bits per heavy atom. The van der Waals surface area contributed by atoms with E-state index in [0.29, 0.717) is 43.3 Å². The van der Waals surface area contributed by atoms with Crippen molar-refractivity contribution in [3.8, 4) is 0 Å². The highest BCUT2D eigenvalue weighted by atomic mass is 35.5. The molecule has 0 radical (unpaired) electrons. The number of carbonyl (C=O) groups is 2. The number of ether oxygens (including phenoxy) is 2. The summed E-state index contributed by atoms with van der Waals surface area (Å²) in [6.07, 6.45) is 0.890. The predicted molar refractivity (Wildman–Crippen MR) is 114 cm³/mol. The summed E-state index contributed by atoms with van der Waals surface area (Å²) >= 11 is 6.24. The monoisotopic (exact) mass is 419 g/mol. The third-order valence-corrected chi connectivity index (χ3v) is 4.63. The molecular weight excluding hydrogens is 394 g/mol. The van der Waals surface area contributed by atoms with Gasteiger partial charge in [-0.1, -0.05) is 29.8 Å². The van der Waals surface area contributed by atoms with Crippen molar-refractivity contribution in [2.45, 2.75) is 13.0 Å². The lowest BCUT2D eigenvalue weighted by Gasteiger charge is -2.17. The lowest BCUT2D eigenvalue weighted by Crippen LogP contribution is -2.30. The molecule has 0 aromatic heterocycles. The van der Waals surface area contributed by atoms with Gasteiger partial charge in [0.15, 0.2) is 0 Å². The molecule has 0 saturated heterocycles. The Morgan fingerprint density at radius 3 is 2.52 bits per heavy atom. The smallest absolute Gasteiger partial charge is 0.409 e. The Balaban J connectivity index is 1.63. The molecule has 156 valence electrons. The first-order chi connectivity index (χ1) is 14.0. The van der Waals surface area contributed by atoms with Gasteiger partial charge >= 0.3 is 6.09 Å². The molecule has 29 heavy (non-hydrogen) atoms. The van der Waals surface area contributed by atoms with Crippen LogP contribution in [-0.4, -0.2) is 51.3 Å². The van der Waals surface area contributed by atoms with E-state index in [1.807, 2.05) is 25.2 Å².